The SMILES string of the molecule is O=C(CNC(=O)CN(C(=O)C(F)(F)F)c1ccccc1)NCC(CCCN1CCC(c2ccccc2)CC1)(c1ccccc1)c1ccccc1. The maximum atomic E-state index is 13.3. The van der Waals surface area contributed by atoms with E-state index in [4.69, 9.17) is 0 Å². The van der Waals surface area contributed by atoms with Crippen molar-refractivity contribution >= 4 is 23.4 Å². The summed E-state index contributed by atoms with van der Waals surface area (Å²) in [4.78, 5) is 40.9. The van der Waals surface area contributed by atoms with Gasteiger partial charge in [-0.25, -0.2) is 0 Å². The molecule has 262 valence electrons. The lowest BCUT2D eigenvalue weighted by molar-refractivity contribution is -0.170. The van der Waals surface area contributed by atoms with E-state index >= 15 is 0 Å². The lowest BCUT2D eigenvalue weighted by Crippen LogP contribution is -2.49. The molecule has 1 aliphatic rings. The minimum atomic E-state index is -5.18. The third-order valence-corrected chi connectivity index (χ3v) is 9.48. The topological polar surface area (TPSA) is 81.8 Å². The van der Waals surface area contributed by atoms with Crippen LogP contribution in [0.15, 0.2) is 121 Å². The lowest BCUT2D eigenvalue weighted by atomic mass is 9.71. The highest BCUT2D eigenvalue weighted by molar-refractivity contribution is 6.02. The van der Waals surface area contributed by atoms with Crippen LogP contribution in [-0.4, -0.2) is 68.1 Å². The standard InChI is InChI=1S/C40H43F3N4O3/c41-40(42,43)38(50)47(35-20-11-4-12-21-35)29-37(49)44-28-36(48)45-30-39(33-16-7-2-8-17-33,34-18-9-3-10-19-34)24-13-25-46-26-22-32(23-27-46)31-14-5-1-6-15-31/h1-12,14-21,32H,13,22-30H2,(H,44,49)(H,45,48). The number of hydrogen-bond donors (Lipinski definition) is 2. The van der Waals surface area contributed by atoms with Gasteiger partial charge in [0, 0.05) is 17.6 Å². The molecule has 50 heavy (non-hydrogen) atoms. The summed E-state index contributed by atoms with van der Waals surface area (Å²) < 4.78 is 40.0. The molecule has 0 aliphatic carbocycles. The summed E-state index contributed by atoms with van der Waals surface area (Å²) in [7, 11) is 0. The number of benzene rings is 4. The number of likely N-dealkylation sites (tertiary alicyclic amines) is 1. The zero-order chi connectivity index (χ0) is 35.4. The van der Waals surface area contributed by atoms with Gasteiger partial charge in [0.2, 0.25) is 11.8 Å². The zero-order valence-corrected chi connectivity index (χ0v) is 27.9. The molecule has 1 saturated heterocycles. The Kier molecular flexibility index (Phi) is 12.4. The molecule has 3 amide bonds. The first-order chi connectivity index (χ1) is 24.2. The van der Waals surface area contributed by atoms with Crippen LogP contribution in [0.5, 0.6) is 0 Å². The fourth-order valence-corrected chi connectivity index (χ4v) is 6.81. The third kappa shape index (κ3) is 9.59. The largest absolute Gasteiger partial charge is 0.471 e. The maximum absolute atomic E-state index is 13.3. The molecule has 1 heterocycles. The normalized spacial score (nSPS) is 14.1. The van der Waals surface area contributed by atoms with Gasteiger partial charge >= 0.3 is 12.1 Å². The molecule has 7 nitrogen and oxygen atoms in total. The number of carbonyl (C=O) groups is 3. The number of para-hydroxylation sites is 1. The quantitative estimate of drug-likeness (QED) is 0.160. The van der Waals surface area contributed by atoms with Gasteiger partial charge in [-0.15, -0.1) is 0 Å². The van der Waals surface area contributed by atoms with Gasteiger partial charge in [-0.3, -0.25) is 19.3 Å². The van der Waals surface area contributed by atoms with Crippen LogP contribution in [0.1, 0.15) is 48.3 Å². The molecule has 1 aliphatic heterocycles. The van der Waals surface area contributed by atoms with Crippen LogP contribution in [0.3, 0.4) is 0 Å². The smallest absolute Gasteiger partial charge is 0.353 e. The predicted molar refractivity (Wildman–Crippen MR) is 189 cm³/mol. The highest BCUT2D eigenvalue weighted by Gasteiger charge is 2.43. The second-order valence-corrected chi connectivity index (χ2v) is 12.7. The van der Waals surface area contributed by atoms with Crippen molar-refractivity contribution in [3.8, 4) is 0 Å². The molecule has 5 rings (SSSR count). The highest BCUT2D eigenvalue weighted by Crippen LogP contribution is 2.37. The van der Waals surface area contributed by atoms with Crippen molar-refractivity contribution in [3.63, 3.8) is 0 Å². The first-order valence-electron chi connectivity index (χ1n) is 17.0. The number of nitrogens with zero attached hydrogens (tertiary/aromatic N) is 2. The van der Waals surface area contributed by atoms with Crippen molar-refractivity contribution < 1.29 is 27.6 Å². The average molecular weight is 685 g/mol. The maximum Gasteiger partial charge on any atom is 0.471 e. The minimum absolute atomic E-state index is 0.0782. The summed E-state index contributed by atoms with van der Waals surface area (Å²) >= 11 is 0. The number of anilines is 1. The number of halogens is 3. The number of amides is 3. The van der Waals surface area contributed by atoms with E-state index < -0.39 is 42.4 Å². The Morgan fingerprint density at radius 3 is 1.76 bits per heavy atom. The van der Waals surface area contributed by atoms with Gasteiger partial charge in [0.1, 0.15) is 6.54 Å². The number of nitrogens with one attached hydrogen (secondary N) is 2. The van der Waals surface area contributed by atoms with Crippen molar-refractivity contribution in [2.24, 2.45) is 0 Å². The first-order valence-corrected chi connectivity index (χ1v) is 17.0. The fraction of sp³-hybridized carbons (Fsp3) is 0.325. The van der Waals surface area contributed by atoms with Crippen LogP contribution in [0.4, 0.5) is 18.9 Å². The van der Waals surface area contributed by atoms with Gasteiger partial charge in [-0.1, -0.05) is 109 Å². The molecule has 4 aromatic carbocycles. The van der Waals surface area contributed by atoms with Crippen LogP contribution in [0.2, 0.25) is 0 Å². The summed E-state index contributed by atoms with van der Waals surface area (Å²) in [5.41, 5.74) is 2.83. The molecule has 0 unspecified atom stereocenters. The van der Waals surface area contributed by atoms with Crippen molar-refractivity contribution in [2.45, 2.75) is 43.2 Å². The van der Waals surface area contributed by atoms with E-state index in [2.05, 4.69) is 64.1 Å². The molecular weight excluding hydrogens is 641 g/mol. The molecule has 1 fully saturated rings. The summed E-state index contributed by atoms with van der Waals surface area (Å²) in [5.74, 6) is -2.98. The molecular formula is C40H43F3N4O3. The average Bonchev–Trinajstić information content (AvgIpc) is 3.15. The molecule has 2 N–H and O–H groups in total. The fourth-order valence-electron chi connectivity index (χ4n) is 6.81. The van der Waals surface area contributed by atoms with Gasteiger partial charge in [-0.05, 0) is 80.1 Å². The zero-order valence-electron chi connectivity index (χ0n) is 27.9. The van der Waals surface area contributed by atoms with Gasteiger partial charge in [0.25, 0.3) is 0 Å². The molecule has 0 saturated carbocycles. The third-order valence-electron chi connectivity index (χ3n) is 9.48. The summed E-state index contributed by atoms with van der Waals surface area (Å²) in [6, 6.07) is 37.8. The van der Waals surface area contributed by atoms with E-state index in [1.165, 1.54) is 29.8 Å². The van der Waals surface area contributed by atoms with E-state index in [0.717, 1.165) is 56.4 Å². The Hall–Kier alpha value is -4.96. The van der Waals surface area contributed by atoms with Gasteiger partial charge < -0.3 is 15.5 Å². The highest BCUT2D eigenvalue weighted by atomic mass is 19.4. The van der Waals surface area contributed by atoms with Crippen molar-refractivity contribution in [2.75, 3.05) is 44.2 Å². The Morgan fingerprint density at radius 2 is 1.22 bits per heavy atom. The number of carbonyl (C=O) groups excluding carboxylic acids is 3. The second kappa shape index (κ2) is 17.1. The van der Waals surface area contributed by atoms with Gasteiger partial charge in [-0.2, -0.15) is 13.2 Å². The van der Waals surface area contributed by atoms with Crippen molar-refractivity contribution in [3.05, 3.63) is 138 Å². The molecule has 0 spiro atoms. The van der Waals surface area contributed by atoms with E-state index in [0.29, 0.717) is 10.8 Å². The van der Waals surface area contributed by atoms with Gasteiger partial charge in [0.15, 0.2) is 0 Å². The Labute approximate surface area is 291 Å². The molecule has 0 radical (unpaired) electrons. The lowest BCUT2D eigenvalue weighted by Gasteiger charge is -2.37. The van der Waals surface area contributed by atoms with Crippen LogP contribution in [0.25, 0.3) is 0 Å². The second-order valence-electron chi connectivity index (χ2n) is 12.7. The van der Waals surface area contributed by atoms with Crippen LogP contribution in [-0.2, 0) is 19.8 Å². The number of hydrogen-bond acceptors (Lipinski definition) is 4. The Balaban J connectivity index is 1.23. The molecule has 0 aromatic heterocycles. The summed E-state index contributed by atoms with van der Waals surface area (Å²) in [5, 5.41) is 5.38. The minimum Gasteiger partial charge on any atom is -0.353 e. The number of rotatable bonds is 14. The van der Waals surface area contributed by atoms with Gasteiger partial charge in [0.05, 0.1) is 6.54 Å². The van der Waals surface area contributed by atoms with Crippen LogP contribution in [0, 0.1) is 0 Å². The van der Waals surface area contributed by atoms with E-state index in [-0.39, 0.29) is 12.2 Å². The van der Waals surface area contributed by atoms with E-state index in [9.17, 15) is 27.6 Å². The predicted octanol–water partition coefficient (Wildman–Crippen LogP) is 6.46. The summed E-state index contributed by atoms with van der Waals surface area (Å²) in [6.07, 6.45) is -1.32. The molecule has 0 atom stereocenters. The molecule has 4 aromatic rings. The van der Waals surface area contributed by atoms with E-state index in [1.807, 2.05) is 42.5 Å². The summed E-state index contributed by atoms with van der Waals surface area (Å²) in [6.45, 7) is 1.86. The van der Waals surface area contributed by atoms with Crippen LogP contribution < -0.4 is 15.5 Å². The monoisotopic (exact) mass is 684 g/mol. The van der Waals surface area contributed by atoms with E-state index in [1.54, 1.807) is 6.07 Å². The Bertz CT molecular complexity index is 1620. The van der Waals surface area contributed by atoms with Crippen molar-refractivity contribution in [1.29, 1.82) is 0 Å². The number of alkyl halides is 3. The first kappa shape index (κ1) is 36.3. The number of piperidine rings is 1. The van der Waals surface area contributed by atoms with Crippen molar-refractivity contribution in [1.82, 2.24) is 15.5 Å². The molecule has 10 heteroatoms. The van der Waals surface area contributed by atoms with Crippen LogP contribution >= 0.6 is 0 Å². The molecule has 0 bridgehead atoms. The Morgan fingerprint density at radius 1 is 0.700 bits per heavy atom.